The number of ether oxygens (including phenoxy) is 1. The summed E-state index contributed by atoms with van der Waals surface area (Å²) in [5, 5.41) is 0. The Morgan fingerprint density at radius 1 is 1.40 bits per heavy atom. The zero-order valence-corrected chi connectivity index (χ0v) is 10.6. The third-order valence-corrected chi connectivity index (χ3v) is 2.73. The lowest BCUT2D eigenvalue weighted by Gasteiger charge is -2.04. The van der Waals surface area contributed by atoms with Crippen LogP contribution >= 0.6 is 15.9 Å². The Morgan fingerprint density at radius 3 is 2.53 bits per heavy atom. The Morgan fingerprint density at radius 2 is 2.07 bits per heavy atom. The molecule has 0 aliphatic carbocycles. The maximum Gasteiger partial charge on any atom is 0.155 e. The molecule has 0 unspecified atom stereocenters. The highest BCUT2D eigenvalue weighted by Gasteiger charge is 2.01. The highest BCUT2D eigenvalue weighted by molar-refractivity contribution is 9.10. The van der Waals surface area contributed by atoms with Gasteiger partial charge in [0.2, 0.25) is 0 Å². The van der Waals surface area contributed by atoms with Crippen LogP contribution in [0.1, 0.15) is 19.4 Å². The van der Waals surface area contributed by atoms with E-state index >= 15 is 0 Å². The molecule has 0 radical (unpaired) electrons. The van der Waals surface area contributed by atoms with Gasteiger partial charge in [-0.2, -0.15) is 0 Å². The molecule has 2 nitrogen and oxygen atoms in total. The van der Waals surface area contributed by atoms with Gasteiger partial charge in [-0.05, 0) is 59.1 Å². The van der Waals surface area contributed by atoms with Crippen LogP contribution in [0.3, 0.4) is 0 Å². The average molecular weight is 269 g/mol. The first-order valence-electron chi connectivity index (χ1n) is 4.57. The van der Waals surface area contributed by atoms with Crippen molar-refractivity contribution < 1.29 is 9.53 Å². The summed E-state index contributed by atoms with van der Waals surface area (Å²) in [5.74, 6) is 0.870. The van der Waals surface area contributed by atoms with Gasteiger partial charge in [-0.1, -0.05) is 6.07 Å². The summed E-state index contributed by atoms with van der Waals surface area (Å²) < 4.78 is 6.00. The zero-order chi connectivity index (χ0) is 11.4. The van der Waals surface area contributed by atoms with Crippen molar-refractivity contribution in [3.63, 3.8) is 0 Å². The minimum atomic E-state index is 0.0851. The van der Waals surface area contributed by atoms with Gasteiger partial charge in [0.25, 0.3) is 0 Å². The maximum absolute atomic E-state index is 11.1. The highest BCUT2D eigenvalue weighted by atomic mass is 79.9. The van der Waals surface area contributed by atoms with Gasteiger partial charge in [-0.15, -0.1) is 0 Å². The van der Waals surface area contributed by atoms with Gasteiger partial charge in [-0.25, -0.2) is 0 Å². The van der Waals surface area contributed by atoms with Crippen molar-refractivity contribution in [2.24, 2.45) is 0 Å². The number of carbonyl (C=O) groups is 1. The lowest BCUT2D eigenvalue weighted by atomic mass is 10.1. The normalized spacial score (nSPS) is 11.3. The molecule has 1 aromatic carbocycles. The first-order valence-corrected chi connectivity index (χ1v) is 5.36. The lowest BCUT2D eigenvalue weighted by molar-refractivity contribution is -0.113. The van der Waals surface area contributed by atoms with Crippen LogP contribution in [0.2, 0.25) is 0 Å². The number of carbonyl (C=O) groups excluding carboxylic acids is 1. The van der Waals surface area contributed by atoms with Gasteiger partial charge in [0.05, 0.1) is 11.6 Å². The maximum atomic E-state index is 11.1. The van der Waals surface area contributed by atoms with Crippen LogP contribution in [0.25, 0.3) is 6.08 Å². The molecule has 0 aromatic heterocycles. The largest absolute Gasteiger partial charge is 0.496 e. The van der Waals surface area contributed by atoms with Crippen LogP contribution in [0.15, 0.2) is 28.2 Å². The molecular formula is C12H13BrO2. The van der Waals surface area contributed by atoms with Crippen LogP contribution < -0.4 is 4.74 Å². The van der Waals surface area contributed by atoms with E-state index in [1.165, 1.54) is 0 Å². The van der Waals surface area contributed by atoms with E-state index in [-0.39, 0.29) is 5.78 Å². The standard InChI is InChI=1S/C12H13BrO2/c1-8(9(2)14)6-10-4-5-12(15-3)11(13)7-10/h4-7H,1-3H3. The highest BCUT2D eigenvalue weighted by Crippen LogP contribution is 2.26. The van der Waals surface area contributed by atoms with Crippen LogP contribution in [-0.2, 0) is 4.79 Å². The Kier molecular flexibility index (Phi) is 4.09. The summed E-state index contributed by atoms with van der Waals surface area (Å²) in [5.41, 5.74) is 1.72. The predicted molar refractivity (Wildman–Crippen MR) is 65.0 cm³/mol. The number of allylic oxidation sites excluding steroid dienone is 1. The molecule has 15 heavy (non-hydrogen) atoms. The fraction of sp³-hybridized carbons (Fsp3) is 0.250. The van der Waals surface area contributed by atoms with Crippen molar-refractivity contribution in [1.82, 2.24) is 0 Å². The number of hydrogen-bond acceptors (Lipinski definition) is 2. The van der Waals surface area contributed by atoms with Gasteiger partial charge in [0.15, 0.2) is 5.78 Å². The van der Waals surface area contributed by atoms with Crippen molar-refractivity contribution >= 4 is 27.8 Å². The Labute approximate surface area is 98.1 Å². The van der Waals surface area contributed by atoms with Crippen molar-refractivity contribution in [1.29, 1.82) is 0 Å². The number of methoxy groups -OCH3 is 1. The van der Waals surface area contributed by atoms with Gasteiger partial charge in [0.1, 0.15) is 5.75 Å². The van der Waals surface area contributed by atoms with Gasteiger partial charge >= 0.3 is 0 Å². The molecule has 80 valence electrons. The summed E-state index contributed by atoms with van der Waals surface area (Å²) in [4.78, 5) is 11.1. The number of hydrogen-bond donors (Lipinski definition) is 0. The Hall–Kier alpha value is -1.09. The van der Waals surface area contributed by atoms with Crippen LogP contribution in [0, 0.1) is 0 Å². The molecule has 0 aliphatic heterocycles. The third kappa shape index (κ3) is 3.20. The van der Waals surface area contributed by atoms with E-state index in [0.29, 0.717) is 0 Å². The minimum Gasteiger partial charge on any atom is -0.496 e. The lowest BCUT2D eigenvalue weighted by Crippen LogP contribution is -1.91. The molecule has 0 N–H and O–H groups in total. The van der Waals surface area contributed by atoms with Gasteiger partial charge < -0.3 is 4.74 Å². The molecule has 1 aromatic rings. The van der Waals surface area contributed by atoms with Crippen LogP contribution in [0.5, 0.6) is 5.75 Å². The Bertz CT molecular complexity index is 408. The first-order chi connectivity index (χ1) is 7.04. The average Bonchev–Trinajstić information content (AvgIpc) is 2.18. The topological polar surface area (TPSA) is 26.3 Å². The van der Waals surface area contributed by atoms with E-state index in [4.69, 9.17) is 4.74 Å². The molecule has 0 saturated carbocycles. The smallest absolute Gasteiger partial charge is 0.155 e. The van der Waals surface area contributed by atoms with Crippen LogP contribution in [-0.4, -0.2) is 12.9 Å². The van der Waals surface area contributed by atoms with Crippen molar-refractivity contribution in [3.8, 4) is 5.75 Å². The number of halogens is 1. The zero-order valence-electron chi connectivity index (χ0n) is 9.00. The number of benzene rings is 1. The monoisotopic (exact) mass is 268 g/mol. The summed E-state index contributed by atoms with van der Waals surface area (Å²) in [6.07, 6.45) is 1.85. The summed E-state index contributed by atoms with van der Waals surface area (Å²) in [7, 11) is 1.62. The second-order valence-electron chi connectivity index (χ2n) is 3.28. The molecule has 0 fully saturated rings. The third-order valence-electron chi connectivity index (χ3n) is 2.11. The molecule has 0 aliphatic rings. The molecular weight excluding hydrogens is 256 g/mol. The second kappa shape index (κ2) is 5.12. The molecule has 0 bridgehead atoms. The van der Waals surface area contributed by atoms with E-state index in [1.807, 2.05) is 24.3 Å². The molecule has 0 saturated heterocycles. The molecule has 0 amide bonds. The fourth-order valence-electron chi connectivity index (χ4n) is 1.12. The molecule has 1 rings (SSSR count). The van der Waals surface area contributed by atoms with Crippen LogP contribution in [0.4, 0.5) is 0 Å². The van der Waals surface area contributed by atoms with Gasteiger partial charge in [0, 0.05) is 0 Å². The number of ketones is 1. The molecule has 0 atom stereocenters. The van der Waals surface area contributed by atoms with Crippen molar-refractivity contribution in [2.75, 3.05) is 7.11 Å². The SMILES string of the molecule is COc1ccc(C=C(C)C(C)=O)cc1Br. The fourth-order valence-corrected chi connectivity index (χ4v) is 1.68. The molecule has 0 heterocycles. The first kappa shape index (κ1) is 12.0. The number of rotatable bonds is 3. The molecule has 3 heteroatoms. The molecule has 0 spiro atoms. The summed E-state index contributed by atoms with van der Waals surface area (Å²) >= 11 is 3.40. The van der Waals surface area contributed by atoms with Crippen molar-refractivity contribution in [3.05, 3.63) is 33.8 Å². The van der Waals surface area contributed by atoms with E-state index in [0.717, 1.165) is 21.4 Å². The van der Waals surface area contributed by atoms with E-state index in [9.17, 15) is 4.79 Å². The second-order valence-corrected chi connectivity index (χ2v) is 4.13. The quantitative estimate of drug-likeness (QED) is 0.785. The van der Waals surface area contributed by atoms with E-state index in [2.05, 4.69) is 15.9 Å². The Balaban J connectivity index is 3.03. The van der Waals surface area contributed by atoms with E-state index < -0.39 is 0 Å². The number of Topliss-reactive ketones (excluding diaryl/α,β-unsaturated/α-hetero) is 1. The van der Waals surface area contributed by atoms with E-state index in [1.54, 1.807) is 21.0 Å². The minimum absolute atomic E-state index is 0.0851. The van der Waals surface area contributed by atoms with Gasteiger partial charge in [-0.3, -0.25) is 4.79 Å². The van der Waals surface area contributed by atoms with Crippen molar-refractivity contribution in [2.45, 2.75) is 13.8 Å². The summed E-state index contributed by atoms with van der Waals surface area (Å²) in [6, 6.07) is 5.70. The summed E-state index contributed by atoms with van der Waals surface area (Å²) in [6.45, 7) is 3.37. The predicted octanol–water partition coefficient (Wildman–Crippen LogP) is 3.45.